The number of nitrogens with two attached hydrogens (primary N) is 2. The van der Waals surface area contributed by atoms with Crippen LogP contribution in [0.2, 0.25) is 0 Å². The Morgan fingerprint density at radius 2 is 2.29 bits per heavy atom. The van der Waals surface area contributed by atoms with Crippen LogP contribution in [-0.4, -0.2) is 28.3 Å². The van der Waals surface area contributed by atoms with E-state index in [2.05, 4.69) is 10.4 Å². The fourth-order valence-corrected chi connectivity index (χ4v) is 2.06. The Balaban J connectivity index is 2.10. The van der Waals surface area contributed by atoms with Crippen molar-refractivity contribution in [1.82, 2.24) is 9.78 Å². The molecule has 1 heterocycles. The second kappa shape index (κ2) is 4.37. The van der Waals surface area contributed by atoms with E-state index in [0.717, 1.165) is 0 Å². The molecule has 6 heteroatoms. The Hall–Kier alpha value is -1.56. The average molecular weight is 237 g/mol. The Kier molecular flexibility index (Phi) is 3.06. The zero-order chi connectivity index (χ0) is 12.6. The van der Waals surface area contributed by atoms with E-state index in [1.165, 1.54) is 12.8 Å². The SMILES string of the molecule is Cc1nn(C)c(NCC(N)C2CC2)c1C(N)=O. The molecule has 5 N–H and O–H groups in total. The van der Waals surface area contributed by atoms with Crippen LogP contribution >= 0.6 is 0 Å². The number of nitrogens with zero attached hydrogens (tertiary/aromatic N) is 2. The van der Waals surface area contributed by atoms with Gasteiger partial charge in [0.25, 0.3) is 5.91 Å². The number of aromatic nitrogens is 2. The smallest absolute Gasteiger partial charge is 0.254 e. The highest BCUT2D eigenvalue weighted by atomic mass is 16.1. The van der Waals surface area contributed by atoms with Crippen molar-refractivity contribution in [2.45, 2.75) is 25.8 Å². The Labute approximate surface area is 100 Å². The number of hydrogen-bond donors (Lipinski definition) is 3. The van der Waals surface area contributed by atoms with Crippen molar-refractivity contribution in [2.24, 2.45) is 24.4 Å². The van der Waals surface area contributed by atoms with Crippen LogP contribution in [-0.2, 0) is 7.05 Å². The van der Waals surface area contributed by atoms with Gasteiger partial charge >= 0.3 is 0 Å². The molecule has 1 saturated carbocycles. The topological polar surface area (TPSA) is 99.0 Å². The van der Waals surface area contributed by atoms with Gasteiger partial charge < -0.3 is 16.8 Å². The normalized spacial score (nSPS) is 16.9. The van der Waals surface area contributed by atoms with E-state index < -0.39 is 5.91 Å². The summed E-state index contributed by atoms with van der Waals surface area (Å²) >= 11 is 0. The highest BCUT2D eigenvalue weighted by Crippen LogP contribution is 2.31. The number of carbonyl (C=O) groups excluding carboxylic acids is 1. The Bertz CT molecular complexity index is 435. The summed E-state index contributed by atoms with van der Waals surface area (Å²) in [5.41, 5.74) is 12.4. The van der Waals surface area contributed by atoms with Crippen LogP contribution in [0.3, 0.4) is 0 Å². The fraction of sp³-hybridized carbons (Fsp3) is 0.636. The van der Waals surface area contributed by atoms with Gasteiger partial charge in [-0.25, -0.2) is 0 Å². The lowest BCUT2D eigenvalue weighted by molar-refractivity contribution is 0.100. The van der Waals surface area contributed by atoms with Gasteiger partial charge in [-0.2, -0.15) is 5.10 Å². The molecular formula is C11H19N5O. The third-order valence-corrected chi connectivity index (χ3v) is 3.20. The number of hydrogen-bond acceptors (Lipinski definition) is 4. The van der Waals surface area contributed by atoms with Gasteiger partial charge in [0, 0.05) is 19.6 Å². The van der Waals surface area contributed by atoms with Gasteiger partial charge in [-0.3, -0.25) is 9.48 Å². The Morgan fingerprint density at radius 3 is 2.82 bits per heavy atom. The molecule has 1 aliphatic rings. The minimum atomic E-state index is -0.460. The molecule has 6 nitrogen and oxygen atoms in total. The van der Waals surface area contributed by atoms with Gasteiger partial charge in [0.05, 0.1) is 5.69 Å². The fourth-order valence-electron chi connectivity index (χ4n) is 2.06. The van der Waals surface area contributed by atoms with E-state index in [-0.39, 0.29) is 6.04 Å². The number of carbonyl (C=O) groups is 1. The first-order valence-electron chi connectivity index (χ1n) is 5.83. The monoisotopic (exact) mass is 237 g/mol. The zero-order valence-electron chi connectivity index (χ0n) is 10.2. The van der Waals surface area contributed by atoms with E-state index in [4.69, 9.17) is 11.5 Å². The number of rotatable bonds is 5. The minimum absolute atomic E-state index is 0.130. The van der Waals surface area contributed by atoms with Gasteiger partial charge in [0.2, 0.25) is 0 Å². The van der Waals surface area contributed by atoms with Crippen LogP contribution < -0.4 is 16.8 Å². The Morgan fingerprint density at radius 1 is 1.65 bits per heavy atom. The van der Waals surface area contributed by atoms with Crippen molar-refractivity contribution in [3.63, 3.8) is 0 Å². The van der Waals surface area contributed by atoms with Crippen LogP contribution in [0.1, 0.15) is 28.9 Å². The lowest BCUT2D eigenvalue weighted by Crippen LogP contribution is -2.32. The van der Waals surface area contributed by atoms with Crippen LogP contribution in [0.5, 0.6) is 0 Å². The predicted octanol–water partition coefficient (Wildman–Crippen LogP) is -0.0234. The molecule has 1 aliphatic carbocycles. The zero-order valence-corrected chi connectivity index (χ0v) is 10.2. The molecule has 0 aromatic carbocycles. The molecule has 0 aliphatic heterocycles. The maximum Gasteiger partial charge on any atom is 0.254 e. The van der Waals surface area contributed by atoms with E-state index >= 15 is 0 Å². The third-order valence-electron chi connectivity index (χ3n) is 3.20. The summed E-state index contributed by atoms with van der Waals surface area (Å²) in [6.45, 7) is 2.41. The van der Waals surface area contributed by atoms with E-state index in [0.29, 0.717) is 29.5 Å². The van der Waals surface area contributed by atoms with Crippen molar-refractivity contribution < 1.29 is 4.79 Å². The van der Waals surface area contributed by atoms with Gasteiger partial charge in [-0.15, -0.1) is 0 Å². The summed E-state index contributed by atoms with van der Waals surface area (Å²) < 4.78 is 1.63. The molecule has 94 valence electrons. The average Bonchev–Trinajstić information content (AvgIpc) is 3.02. The maximum atomic E-state index is 11.3. The number of nitrogens with one attached hydrogen (secondary N) is 1. The summed E-state index contributed by atoms with van der Waals surface area (Å²) in [5, 5.41) is 7.36. The van der Waals surface area contributed by atoms with Crippen molar-refractivity contribution in [2.75, 3.05) is 11.9 Å². The highest BCUT2D eigenvalue weighted by molar-refractivity contribution is 5.98. The van der Waals surface area contributed by atoms with Crippen molar-refractivity contribution in [3.8, 4) is 0 Å². The second-order valence-electron chi connectivity index (χ2n) is 4.68. The van der Waals surface area contributed by atoms with Crippen molar-refractivity contribution in [3.05, 3.63) is 11.3 Å². The van der Waals surface area contributed by atoms with E-state index in [1.807, 2.05) is 0 Å². The van der Waals surface area contributed by atoms with E-state index in [1.54, 1.807) is 18.7 Å². The number of aryl methyl sites for hydroxylation is 2. The summed E-state index contributed by atoms with van der Waals surface area (Å²) in [7, 11) is 1.78. The molecule has 0 bridgehead atoms. The van der Waals surface area contributed by atoms with Crippen molar-refractivity contribution >= 4 is 11.7 Å². The largest absolute Gasteiger partial charge is 0.368 e. The van der Waals surface area contributed by atoms with Crippen LogP contribution in [0.4, 0.5) is 5.82 Å². The molecule has 0 radical (unpaired) electrons. The molecule has 1 unspecified atom stereocenters. The molecular weight excluding hydrogens is 218 g/mol. The standard InChI is InChI=1S/C11H19N5O/c1-6-9(10(13)17)11(16(2)15-6)14-5-8(12)7-3-4-7/h7-8,14H,3-5,12H2,1-2H3,(H2,13,17). The molecule has 1 aromatic rings. The van der Waals surface area contributed by atoms with Crippen LogP contribution in [0, 0.1) is 12.8 Å². The molecule has 0 spiro atoms. The third kappa shape index (κ3) is 2.41. The maximum absolute atomic E-state index is 11.3. The van der Waals surface area contributed by atoms with Crippen LogP contribution in [0.15, 0.2) is 0 Å². The van der Waals surface area contributed by atoms with E-state index in [9.17, 15) is 4.79 Å². The molecule has 1 atom stereocenters. The first kappa shape index (κ1) is 11.9. The molecule has 17 heavy (non-hydrogen) atoms. The summed E-state index contributed by atoms with van der Waals surface area (Å²) in [5.74, 6) is 0.818. The summed E-state index contributed by atoms with van der Waals surface area (Å²) in [4.78, 5) is 11.3. The van der Waals surface area contributed by atoms with Crippen molar-refractivity contribution in [1.29, 1.82) is 0 Å². The number of amides is 1. The summed E-state index contributed by atoms with van der Waals surface area (Å²) in [6, 6.07) is 0.130. The highest BCUT2D eigenvalue weighted by Gasteiger charge is 2.28. The van der Waals surface area contributed by atoms with Gasteiger partial charge in [0.1, 0.15) is 11.4 Å². The predicted molar refractivity (Wildman–Crippen MR) is 65.7 cm³/mol. The van der Waals surface area contributed by atoms with Gasteiger partial charge in [0.15, 0.2) is 0 Å². The second-order valence-corrected chi connectivity index (χ2v) is 4.68. The molecule has 1 fully saturated rings. The van der Waals surface area contributed by atoms with Gasteiger partial charge in [-0.1, -0.05) is 0 Å². The lowest BCUT2D eigenvalue weighted by atomic mass is 10.2. The molecule has 1 aromatic heterocycles. The number of anilines is 1. The summed E-state index contributed by atoms with van der Waals surface area (Å²) in [6.07, 6.45) is 2.41. The molecule has 1 amide bonds. The van der Waals surface area contributed by atoms with Crippen LogP contribution in [0.25, 0.3) is 0 Å². The van der Waals surface area contributed by atoms with Gasteiger partial charge in [-0.05, 0) is 25.7 Å². The first-order chi connectivity index (χ1) is 8.00. The number of primary amides is 1. The quantitative estimate of drug-likeness (QED) is 0.670. The molecule has 2 rings (SSSR count). The molecule has 0 saturated heterocycles. The lowest BCUT2D eigenvalue weighted by Gasteiger charge is -2.13. The minimum Gasteiger partial charge on any atom is -0.368 e. The first-order valence-corrected chi connectivity index (χ1v) is 5.83.